The summed E-state index contributed by atoms with van der Waals surface area (Å²) in [7, 11) is 1.64. The first-order chi connectivity index (χ1) is 11.3. The maximum atomic E-state index is 13.9. The number of rotatable bonds is 4. The number of halogens is 1. The maximum Gasteiger partial charge on any atom is 0.124 e. The van der Waals surface area contributed by atoms with Crippen LogP contribution in [0.5, 0.6) is 5.75 Å². The largest absolute Gasteiger partial charge is 0.496 e. The molecule has 0 saturated carbocycles. The van der Waals surface area contributed by atoms with Crippen LogP contribution in [0.15, 0.2) is 48.5 Å². The predicted molar refractivity (Wildman–Crippen MR) is 90.3 cm³/mol. The minimum atomic E-state index is -0.227. The summed E-state index contributed by atoms with van der Waals surface area (Å²) in [5, 5.41) is 3.43. The van der Waals surface area contributed by atoms with Crippen LogP contribution in [0.1, 0.15) is 23.6 Å². The Morgan fingerprint density at radius 2 is 1.91 bits per heavy atom. The number of hydrogen-bond acceptors (Lipinski definition) is 3. The Bertz CT molecular complexity index is 625. The van der Waals surface area contributed by atoms with Crippen molar-refractivity contribution in [3.05, 3.63) is 65.5 Å². The summed E-state index contributed by atoms with van der Waals surface area (Å²) in [5.41, 5.74) is 2.05. The summed E-state index contributed by atoms with van der Waals surface area (Å²) in [6.45, 7) is 3.88. The highest BCUT2D eigenvalue weighted by molar-refractivity contribution is 5.42. The first-order valence-corrected chi connectivity index (χ1v) is 8.13. The highest BCUT2D eigenvalue weighted by atomic mass is 19.1. The molecule has 1 unspecified atom stereocenters. The molecule has 0 aromatic heterocycles. The van der Waals surface area contributed by atoms with E-state index < -0.39 is 0 Å². The van der Waals surface area contributed by atoms with Gasteiger partial charge in [-0.05, 0) is 36.7 Å². The van der Waals surface area contributed by atoms with E-state index in [2.05, 4.69) is 22.3 Å². The molecule has 1 heterocycles. The Balaban J connectivity index is 2.06. The fourth-order valence-corrected chi connectivity index (χ4v) is 3.27. The van der Waals surface area contributed by atoms with Gasteiger partial charge in [0.1, 0.15) is 11.6 Å². The summed E-state index contributed by atoms with van der Waals surface area (Å²) >= 11 is 0. The fraction of sp³-hybridized carbons (Fsp3) is 0.368. The van der Waals surface area contributed by atoms with Gasteiger partial charge in [-0.15, -0.1) is 0 Å². The molecule has 1 N–H and O–H groups in total. The molecule has 0 aliphatic carbocycles. The van der Waals surface area contributed by atoms with Gasteiger partial charge in [0.05, 0.1) is 13.2 Å². The van der Waals surface area contributed by atoms with Crippen LogP contribution in [0.25, 0.3) is 0 Å². The van der Waals surface area contributed by atoms with Crippen LogP contribution in [-0.4, -0.2) is 38.2 Å². The third-order valence-corrected chi connectivity index (χ3v) is 4.34. The Morgan fingerprint density at radius 3 is 2.70 bits per heavy atom. The van der Waals surface area contributed by atoms with Crippen LogP contribution in [0.2, 0.25) is 0 Å². The zero-order chi connectivity index (χ0) is 16.1. The van der Waals surface area contributed by atoms with E-state index in [4.69, 9.17) is 4.74 Å². The number of nitrogens with zero attached hydrogens (tertiary/aromatic N) is 1. The molecule has 3 nitrogen and oxygen atoms in total. The van der Waals surface area contributed by atoms with Gasteiger partial charge >= 0.3 is 0 Å². The Labute approximate surface area is 137 Å². The van der Waals surface area contributed by atoms with E-state index in [1.165, 1.54) is 11.6 Å². The number of methoxy groups -OCH3 is 1. The molecule has 2 aromatic carbocycles. The van der Waals surface area contributed by atoms with Crippen LogP contribution < -0.4 is 10.1 Å². The number of nitrogens with one attached hydrogen (secondary N) is 1. The van der Waals surface area contributed by atoms with Crippen molar-refractivity contribution in [3.63, 3.8) is 0 Å². The highest BCUT2D eigenvalue weighted by Crippen LogP contribution is 2.35. The molecule has 1 aliphatic heterocycles. The van der Waals surface area contributed by atoms with E-state index in [1.54, 1.807) is 19.2 Å². The van der Waals surface area contributed by atoms with Gasteiger partial charge in [0.15, 0.2) is 0 Å². The number of hydrogen-bond donors (Lipinski definition) is 1. The molecule has 23 heavy (non-hydrogen) atoms. The summed E-state index contributed by atoms with van der Waals surface area (Å²) < 4.78 is 19.4. The maximum absolute atomic E-state index is 13.9. The predicted octanol–water partition coefficient (Wildman–Crippen LogP) is 3.22. The average molecular weight is 314 g/mol. The van der Waals surface area contributed by atoms with Gasteiger partial charge in [-0.1, -0.05) is 30.3 Å². The van der Waals surface area contributed by atoms with Gasteiger partial charge in [0.25, 0.3) is 0 Å². The second kappa shape index (κ2) is 7.57. The Hall–Kier alpha value is -1.91. The van der Waals surface area contributed by atoms with Crippen LogP contribution in [0.3, 0.4) is 0 Å². The van der Waals surface area contributed by atoms with Crippen molar-refractivity contribution in [1.29, 1.82) is 0 Å². The smallest absolute Gasteiger partial charge is 0.124 e. The molecule has 4 heteroatoms. The molecule has 1 fully saturated rings. The summed E-state index contributed by atoms with van der Waals surface area (Å²) in [5.74, 6) is 0.507. The van der Waals surface area contributed by atoms with Crippen molar-refractivity contribution in [1.82, 2.24) is 10.2 Å². The normalized spacial score (nSPS) is 17.5. The third-order valence-electron chi connectivity index (χ3n) is 4.34. The second-order valence-corrected chi connectivity index (χ2v) is 5.84. The topological polar surface area (TPSA) is 24.5 Å². The fourth-order valence-electron chi connectivity index (χ4n) is 3.27. The van der Waals surface area contributed by atoms with Crippen molar-refractivity contribution >= 4 is 0 Å². The minimum Gasteiger partial charge on any atom is -0.496 e. The summed E-state index contributed by atoms with van der Waals surface area (Å²) in [6.07, 6.45) is 1.08. The molecule has 1 saturated heterocycles. The molecule has 0 bridgehead atoms. The lowest BCUT2D eigenvalue weighted by molar-refractivity contribution is 0.236. The van der Waals surface area contributed by atoms with Gasteiger partial charge in [-0.25, -0.2) is 4.39 Å². The Morgan fingerprint density at radius 1 is 1.09 bits per heavy atom. The SMILES string of the molecule is COc1ccc(F)cc1C(c1ccccc1)N1CCCNCC1. The highest BCUT2D eigenvalue weighted by Gasteiger charge is 2.26. The van der Waals surface area contributed by atoms with Crippen LogP contribution in [0.4, 0.5) is 4.39 Å². The van der Waals surface area contributed by atoms with Gasteiger partial charge in [0.2, 0.25) is 0 Å². The molecule has 122 valence electrons. The minimum absolute atomic E-state index is 0.00162. The molecule has 0 amide bonds. The Kier molecular flexibility index (Phi) is 5.26. The monoisotopic (exact) mass is 314 g/mol. The zero-order valence-electron chi connectivity index (χ0n) is 13.5. The standard InChI is InChI=1S/C19H23FN2O/c1-23-18-9-8-16(20)14-17(18)19(15-6-3-2-4-7-15)22-12-5-10-21-11-13-22/h2-4,6-9,14,19,21H,5,10-13H2,1H3. The van der Waals surface area contributed by atoms with Gasteiger partial charge < -0.3 is 10.1 Å². The lowest BCUT2D eigenvalue weighted by Crippen LogP contribution is -2.33. The van der Waals surface area contributed by atoms with E-state index in [9.17, 15) is 4.39 Å². The molecular formula is C19H23FN2O. The first kappa shape index (κ1) is 16.0. The van der Waals surface area contributed by atoms with E-state index >= 15 is 0 Å². The quantitative estimate of drug-likeness (QED) is 0.938. The molecule has 3 rings (SSSR count). The lowest BCUT2D eigenvalue weighted by Gasteiger charge is -2.32. The van der Waals surface area contributed by atoms with Crippen molar-refractivity contribution in [2.45, 2.75) is 12.5 Å². The molecular weight excluding hydrogens is 291 g/mol. The van der Waals surface area contributed by atoms with Crippen molar-refractivity contribution in [2.75, 3.05) is 33.3 Å². The van der Waals surface area contributed by atoms with Crippen molar-refractivity contribution < 1.29 is 9.13 Å². The van der Waals surface area contributed by atoms with E-state index in [1.807, 2.05) is 18.2 Å². The lowest BCUT2D eigenvalue weighted by atomic mass is 9.95. The first-order valence-electron chi connectivity index (χ1n) is 8.13. The zero-order valence-corrected chi connectivity index (χ0v) is 13.5. The van der Waals surface area contributed by atoms with Gasteiger partial charge in [-0.3, -0.25) is 4.90 Å². The molecule has 1 aliphatic rings. The molecule has 0 radical (unpaired) electrons. The third kappa shape index (κ3) is 3.71. The molecule has 2 aromatic rings. The van der Waals surface area contributed by atoms with Gasteiger partial charge in [-0.2, -0.15) is 0 Å². The number of benzene rings is 2. The summed E-state index contributed by atoms with van der Waals surface area (Å²) in [4.78, 5) is 2.41. The average Bonchev–Trinajstić information content (AvgIpc) is 2.86. The van der Waals surface area contributed by atoms with Crippen molar-refractivity contribution in [2.24, 2.45) is 0 Å². The van der Waals surface area contributed by atoms with Crippen LogP contribution in [-0.2, 0) is 0 Å². The molecule has 0 spiro atoms. The molecule has 1 atom stereocenters. The van der Waals surface area contributed by atoms with E-state index in [0.29, 0.717) is 0 Å². The van der Waals surface area contributed by atoms with Gasteiger partial charge in [0, 0.05) is 25.2 Å². The van der Waals surface area contributed by atoms with E-state index in [-0.39, 0.29) is 11.9 Å². The van der Waals surface area contributed by atoms with Crippen LogP contribution >= 0.6 is 0 Å². The summed E-state index contributed by atoms with van der Waals surface area (Å²) in [6, 6.07) is 15.1. The van der Waals surface area contributed by atoms with Crippen molar-refractivity contribution in [3.8, 4) is 5.75 Å². The van der Waals surface area contributed by atoms with Crippen LogP contribution in [0, 0.1) is 5.82 Å². The van der Waals surface area contributed by atoms with E-state index in [0.717, 1.165) is 43.9 Å². The number of ether oxygens (including phenoxy) is 1. The second-order valence-electron chi connectivity index (χ2n) is 5.84.